The minimum absolute atomic E-state index is 0.246. The highest BCUT2D eigenvalue weighted by Crippen LogP contribution is 2.25. The minimum atomic E-state index is -0.580. The fraction of sp³-hybridized carbons (Fsp3) is 0.0769. The van der Waals surface area contributed by atoms with E-state index < -0.39 is 11.6 Å². The first kappa shape index (κ1) is 12.0. The number of aromatic nitrogens is 2. The Morgan fingerprint density at radius 3 is 2.89 bits per heavy atom. The summed E-state index contributed by atoms with van der Waals surface area (Å²) in [5.74, 6) is -0.489. The minimum Gasteiger partial charge on any atom is -0.365 e. The number of thiophene rings is 1. The Balaban J connectivity index is 1.84. The van der Waals surface area contributed by atoms with Crippen LogP contribution in [0.15, 0.2) is 36.0 Å². The quantitative estimate of drug-likeness (QED) is 0.795. The summed E-state index contributed by atoms with van der Waals surface area (Å²) in [6.45, 7) is 0.246. The number of nitrogens with one attached hydrogen (secondary N) is 1. The molecule has 96 valence electrons. The summed E-state index contributed by atoms with van der Waals surface area (Å²) < 4.78 is 27.2. The molecule has 1 N–H and O–H groups in total. The van der Waals surface area contributed by atoms with Crippen LogP contribution in [0.1, 0.15) is 5.56 Å². The molecule has 0 spiro atoms. The van der Waals surface area contributed by atoms with Gasteiger partial charge in [0.05, 0.1) is 10.2 Å². The third kappa shape index (κ3) is 2.39. The van der Waals surface area contributed by atoms with Crippen molar-refractivity contribution in [3.63, 3.8) is 0 Å². The number of rotatable bonds is 3. The van der Waals surface area contributed by atoms with Crippen molar-refractivity contribution < 1.29 is 8.78 Å². The molecule has 0 fully saturated rings. The molecule has 0 unspecified atom stereocenters. The van der Waals surface area contributed by atoms with Crippen LogP contribution >= 0.6 is 11.3 Å². The van der Waals surface area contributed by atoms with E-state index >= 15 is 0 Å². The lowest BCUT2D eigenvalue weighted by Gasteiger charge is -2.07. The van der Waals surface area contributed by atoms with Gasteiger partial charge in [-0.2, -0.15) is 0 Å². The van der Waals surface area contributed by atoms with Gasteiger partial charge in [0.25, 0.3) is 0 Å². The lowest BCUT2D eigenvalue weighted by Crippen LogP contribution is -2.04. The summed E-state index contributed by atoms with van der Waals surface area (Å²) in [5, 5.41) is 4.97. The maximum Gasteiger partial charge on any atom is 0.147 e. The highest BCUT2D eigenvalue weighted by atomic mass is 32.1. The Labute approximate surface area is 111 Å². The van der Waals surface area contributed by atoms with Gasteiger partial charge in [0.15, 0.2) is 0 Å². The zero-order valence-electron chi connectivity index (χ0n) is 9.73. The second-order valence-corrected chi connectivity index (χ2v) is 4.86. The third-order valence-corrected chi connectivity index (χ3v) is 3.61. The van der Waals surface area contributed by atoms with Crippen LogP contribution in [0.25, 0.3) is 10.2 Å². The Morgan fingerprint density at radius 1 is 1.16 bits per heavy atom. The zero-order valence-corrected chi connectivity index (χ0v) is 10.5. The molecule has 1 aromatic carbocycles. The van der Waals surface area contributed by atoms with Gasteiger partial charge in [-0.15, -0.1) is 11.3 Å². The van der Waals surface area contributed by atoms with E-state index in [1.807, 2.05) is 11.4 Å². The van der Waals surface area contributed by atoms with Crippen molar-refractivity contribution in [2.75, 3.05) is 5.32 Å². The average Bonchev–Trinajstić information content (AvgIpc) is 2.86. The highest BCUT2D eigenvalue weighted by Gasteiger charge is 2.07. The van der Waals surface area contributed by atoms with Crippen molar-refractivity contribution in [2.24, 2.45) is 0 Å². The fourth-order valence-corrected chi connectivity index (χ4v) is 2.57. The number of hydrogen-bond acceptors (Lipinski definition) is 4. The molecule has 0 aliphatic heterocycles. The molecule has 0 saturated carbocycles. The van der Waals surface area contributed by atoms with Gasteiger partial charge in [-0.05, 0) is 17.5 Å². The molecule has 0 atom stereocenters. The van der Waals surface area contributed by atoms with Gasteiger partial charge in [0.2, 0.25) is 0 Å². The standard InChI is InChI=1S/C13H9F2N3S/c14-9-2-1-8(10(15)5-9)6-16-13-12-11(3-4-19-12)17-7-18-13/h1-5,7H,6H2,(H,16,17,18). The Bertz CT molecular complexity index is 727. The Kier molecular flexibility index (Phi) is 3.08. The van der Waals surface area contributed by atoms with Crippen LogP contribution in [-0.4, -0.2) is 9.97 Å². The molecule has 0 bridgehead atoms. The van der Waals surface area contributed by atoms with E-state index in [0.29, 0.717) is 11.4 Å². The van der Waals surface area contributed by atoms with Crippen LogP contribution < -0.4 is 5.32 Å². The summed E-state index contributed by atoms with van der Waals surface area (Å²) in [6, 6.07) is 5.42. The number of fused-ring (bicyclic) bond motifs is 1. The first-order chi connectivity index (χ1) is 9.24. The van der Waals surface area contributed by atoms with Gasteiger partial charge >= 0.3 is 0 Å². The molecule has 3 nitrogen and oxygen atoms in total. The number of benzene rings is 1. The number of anilines is 1. The average molecular weight is 277 g/mol. The maximum absolute atomic E-state index is 13.5. The van der Waals surface area contributed by atoms with Crippen LogP contribution in [0, 0.1) is 11.6 Å². The summed E-state index contributed by atoms with van der Waals surface area (Å²) in [4.78, 5) is 8.25. The topological polar surface area (TPSA) is 37.8 Å². The first-order valence-electron chi connectivity index (χ1n) is 5.60. The summed E-state index contributed by atoms with van der Waals surface area (Å²) in [6.07, 6.45) is 1.46. The van der Waals surface area contributed by atoms with Crippen molar-refractivity contribution in [3.05, 3.63) is 53.2 Å². The molecule has 0 amide bonds. The molecule has 3 aromatic rings. The van der Waals surface area contributed by atoms with Crippen LogP contribution in [0.4, 0.5) is 14.6 Å². The summed E-state index contributed by atoms with van der Waals surface area (Å²) in [5.41, 5.74) is 1.24. The number of halogens is 2. The van der Waals surface area contributed by atoms with Gasteiger partial charge in [0, 0.05) is 18.2 Å². The lowest BCUT2D eigenvalue weighted by molar-refractivity contribution is 0.574. The third-order valence-electron chi connectivity index (χ3n) is 2.70. The largest absolute Gasteiger partial charge is 0.365 e. The second kappa shape index (κ2) is 4.89. The van der Waals surface area contributed by atoms with Gasteiger partial charge < -0.3 is 5.32 Å². The van der Waals surface area contributed by atoms with Crippen molar-refractivity contribution in [1.29, 1.82) is 0 Å². The van der Waals surface area contributed by atoms with Gasteiger partial charge in [-0.3, -0.25) is 0 Å². The van der Waals surface area contributed by atoms with Crippen molar-refractivity contribution in [1.82, 2.24) is 9.97 Å². The SMILES string of the molecule is Fc1ccc(CNc2ncnc3ccsc23)c(F)c1. The predicted octanol–water partition coefficient (Wildman–Crippen LogP) is 3.58. The summed E-state index contributed by atoms with van der Waals surface area (Å²) >= 11 is 1.51. The smallest absolute Gasteiger partial charge is 0.147 e. The van der Waals surface area contributed by atoms with Crippen LogP contribution in [-0.2, 0) is 6.54 Å². The monoisotopic (exact) mass is 277 g/mol. The van der Waals surface area contributed by atoms with Crippen LogP contribution in [0.2, 0.25) is 0 Å². The molecule has 6 heteroatoms. The normalized spacial score (nSPS) is 10.8. The lowest BCUT2D eigenvalue weighted by atomic mass is 10.2. The summed E-state index contributed by atoms with van der Waals surface area (Å²) in [7, 11) is 0. The van der Waals surface area contributed by atoms with E-state index in [1.165, 1.54) is 29.8 Å². The van der Waals surface area contributed by atoms with Crippen molar-refractivity contribution in [3.8, 4) is 0 Å². The number of hydrogen-bond donors (Lipinski definition) is 1. The van der Waals surface area contributed by atoms with E-state index in [0.717, 1.165) is 16.3 Å². The van der Waals surface area contributed by atoms with E-state index in [9.17, 15) is 8.78 Å². The van der Waals surface area contributed by atoms with Crippen LogP contribution in [0.5, 0.6) is 0 Å². The fourth-order valence-electron chi connectivity index (χ4n) is 1.76. The maximum atomic E-state index is 13.5. The highest BCUT2D eigenvalue weighted by molar-refractivity contribution is 7.17. The molecule has 2 aromatic heterocycles. The van der Waals surface area contributed by atoms with E-state index in [-0.39, 0.29) is 6.54 Å². The van der Waals surface area contributed by atoms with Crippen LogP contribution in [0.3, 0.4) is 0 Å². The molecule has 3 rings (SSSR count). The van der Waals surface area contributed by atoms with Crippen molar-refractivity contribution >= 4 is 27.4 Å². The molecule has 0 aliphatic rings. The first-order valence-corrected chi connectivity index (χ1v) is 6.48. The molecule has 0 aliphatic carbocycles. The van der Waals surface area contributed by atoms with E-state index in [2.05, 4.69) is 15.3 Å². The zero-order chi connectivity index (χ0) is 13.2. The second-order valence-electron chi connectivity index (χ2n) is 3.95. The molecule has 19 heavy (non-hydrogen) atoms. The van der Waals surface area contributed by atoms with Crippen molar-refractivity contribution in [2.45, 2.75) is 6.54 Å². The Morgan fingerprint density at radius 2 is 2.05 bits per heavy atom. The molecule has 2 heterocycles. The van der Waals surface area contributed by atoms with Gasteiger partial charge in [-0.25, -0.2) is 18.7 Å². The molecular formula is C13H9F2N3S. The number of nitrogens with zero attached hydrogens (tertiary/aromatic N) is 2. The predicted molar refractivity (Wildman–Crippen MR) is 71.1 cm³/mol. The Hall–Kier alpha value is -2.08. The van der Waals surface area contributed by atoms with Gasteiger partial charge in [-0.1, -0.05) is 6.07 Å². The molecular weight excluding hydrogens is 268 g/mol. The van der Waals surface area contributed by atoms with Gasteiger partial charge in [0.1, 0.15) is 23.8 Å². The molecule has 0 radical (unpaired) electrons. The molecule has 0 saturated heterocycles. The van der Waals surface area contributed by atoms with E-state index in [1.54, 1.807) is 0 Å². The van der Waals surface area contributed by atoms with E-state index in [4.69, 9.17) is 0 Å².